The third-order valence-electron chi connectivity index (χ3n) is 2.74. The van der Waals surface area contributed by atoms with Crippen LogP contribution >= 0.6 is 15.9 Å². The number of halogens is 1. The van der Waals surface area contributed by atoms with Gasteiger partial charge in [0.15, 0.2) is 0 Å². The van der Waals surface area contributed by atoms with Crippen molar-refractivity contribution in [3.8, 4) is 11.8 Å². The predicted molar refractivity (Wildman–Crippen MR) is 79.9 cm³/mol. The van der Waals surface area contributed by atoms with Crippen molar-refractivity contribution < 1.29 is 4.74 Å². The Bertz CT molecular complexity index is 647. The molecule has 4 heteroatoms. The third-order valence-corrected chi connectivity index (χ3v) is 3.40. The second-order valence-corrected chi connectivity index (χ2v) is 4.99. The van der Waals surface area contributed by atoms with Crippen molar-refractivity contribution in [3.63, 3.8) is 0 Å². The van der Waals surface area contributed by atoms with E-state index in [0.29, 0.717) is 11.3 Å². The molecule has 0 bridgehead atoms. The lowest BCUT2D eigenvalue weighted by Crippen LogP contribution is -1.96. The molecule has 0 heterocycles. The lowest BCUT2D eigenvalue weighted by Gasteiger charge is -2.12. The maximum atomic E-state index is 9.13. The summed E-state index contributed by atoms with van der Waals surface area (Å²) in [6.07, 6.45) is 0. The summed E-state index contributed by atoms with van der Waals surface area (Å²) in [5.41, 5.74) is 3.39. The van der Waals surface area contributed by atoms with Gasteiger partial charge >= 0.3 is 0 Å². The number of hydrogen-bond acceptors (Lipinski definition) is 3. The molecule has 2 aromatic carbocycles. The monoisotopic (exact) mass is 316 g/mol. The molecule has 0 aliphatic heterocycles. The molecule has 0 unspecified atom stereocenters. The van der Waals surface area contributed by atoms with Crippen molar-refractivity contribution >= 4 is 27.3 Å². The topological polar surface area (TPSA) is 45.0 Å². The Morgan fingerprint density at radius 3 is 2.58 bits per heavy atom. The Hall–Kier alpha value is -1.99. The summed E-state index contributed by atoms with van der Waals surface area (Å²) >= 11 is 3.51. The molecule has 2 aromatic rings. The molecule has 19 heavy (non-hydrogen) atoms. The molecule has 0 saturated carbocycles. The number of rotatable bonds is 3. The SMILES string of the molecule is COc1ccc(C#N)c(Nc2ccc(C)cc2Br)c1. The molecule has 0 spiro atoms. The van der Waals surface area contributed by atoms with E-state index in [9.17, 15) is 0 Å². The lowest BCUT2D eigenvalue weighted by molar-refractivity contribution is 0.415. The first-order chi connectivity index (χ1) is 9.13. The summed E-state index contributed by atoms with van der Waals surface area (Å²) in [5, 5.41) is 12.4. The minimum Gasteiger partial charge on any atom is -0.497 e. The van der Waals surface area contributed by atoms with Crippen molar-refractivity contribution in [1.82, 2.24) is 0 Å². The number of nitrogens with one attached hydrogen (secondary N) is 1. The molecule has 0 aliphatic rings. The molecule has 96 valence electrons. The van der Waals surface area contributed by atoms with E-state index in [0.717, 1.165) is 15.8 Å². The van der Waals surface area contributed by atoms with Gasteiger partial charge in [-0.15, -0.1) is 0 Å². The maximum Gasteiger partial charge on any atom is 0.121 e. The second kappa shape index (κ2) is 5.77. The molecular formula is C15H13BrN2O. The molecule has 0 atom stereocenters. The fourth-order valence-corrected chi connectivity index (χ4v) is 2.31. The fraction of sp³-hybridized carbons (Fsp3) is 0.133. The molecule has 0 aliphatic carbocycles. The van der Waals surface area contributed by atoms with Gasteiger partial charge in [0.2, 0.25) is 0 Å². The third kappa shape index (κ3) is 3.07. The van der Waals surface area contributed by atoms with Crippen LogP contribution in [0.25, 0.3) is 0 Å². The first kappa shape index (κ1) is 13.4. The van der Waals surface area contributed by atoms with Crippen LogP contribution in [0.1, 0.15) is 11.1 Å². The van der Waals surface area contributed by atoms with E-state index in [-0.39, 0.29) is 0 Å². The van der Waals surface area contributed by atoms with Crippen LogP contribution < -0.4 is 10.1 Å². The predicted octanol–water partition coefficient (Wildman–Crippen LogP) is 4.38. The quantitative estimate of drug-likeness (QED) is 0.913. The highest BCUT2D eigenvalue weighted by molar-refractivity contribution is 9.10. The van der Waals surface area contributed by atoms with Gasteiger partial charge in [0.25, 0.3) is 0 Å². The zero-order valence-corrected chi connectivity index (χ0v) is 12.3. The van der Waals surface area contributed by atoms with Gasteiger partial charge in [0.05, 0.1) is 24.0 Å². The summed E-state index contributed by atoms with van der Waals surface area (Å²) in [6.45, 7) is 2.03. The Balaban J connectivity index is 2.39. The Morgan fingerprint density at radius 1 is 1.16 bits per heavy atom. The van der Waals surface area contributed by atoms with Gasteiger partial charge < -0.3 is 10.1 Å². The van der Waals surface area contributed by atoms with Crippen molar-refractivity contribution in [2.45, 2.75) is 6.92 Å². The zero-order chi connectivity index (χ0) is 13.8. The average Bonchev–Trinajstić information content (AvgIpc) is 2.41. The van der Waals surface area contributed by atoms with Gasteiger partial charge in [-0.2, -0.15) is 5.26 Å². The summed E-state index contributed by atoms with van der Waals surface area (Å²) in [7, 11) is 1.60. The summed E-state index contributed by atoms with van der Waals surface area (Å²) in [6, 6.07) is 13.5. The minimum atomic E-state index is 0.577. The van der Waals surface area contributed by atoms with E-state index < -0.39 is 0 Å². The van der Waals surface area contributed by atoms with E-state index in [1.54, 1.807) is 19.2 Å². The molecule has 2 rings (SSSR count). The van der Waals surface area contributed by atoms with E-state index in [1.807, 2.05) is 31.2 Å². The summed E-state index contributed by atoms with van der Waals surface area (Å²) < 4.78 is 6.14. The number of aryl methyl sites for hydroxylation is 1. The van der Waals surface area contributed by atoms with Crippen molar-refractivity contribution in [2.75, 3.05) is 12.4 Å². The lowest BCUT2D eigenvalue weighted by atomic mass is 10.1. The van der Waals surface area contributed by atoms with Gasteiger partial charge in [-0.25, -0.2) is 0 Å². The number of nitrogens with zero attached hydrogens (tertiary/aromatic N) is 1. The molecular weight excluding hydrogens is 304 g/mol. The number of methoxy groups -OCH3 is 1. The molecule has 0 amide bonds. The fourth-order valence-electron chi connectivity index (χ4n) is 1.72. The molecule has 0 radical (unpaired) electrons. The van der Waals surface area contributed by atoms with Gasteiger partial charge in [-0.05, 0) is 52.7 Å². The van der Waals surface area contributed by atoms with Crippen LogP contribution in [-0.2, 0) is 0 Å². The minimum absolute atomic E-state index is 0.577. The number of ether oxygens (including phenoxy) is 1. The smallest absolute Gasteiger partial charge is 0.121 e. The summed E-state index contributed by atoms with van der Waals surface area (Å²) in [5.74, 6) is 0.713. The number of hydrogen-bond donors (Lipinski definition) is 1. The number of anilines is 2. The van der Waals surface area contributed by atoms with Gasteiger partial charge in [-0.3, -0.25) is 0 Å². The highest BCUT2D eigenvalue weighted by Gasteiger charge is 2.06. The second-order valence-electron chi connectivity index (χ2n) is 4.13. The van der Waals surface area contributed by atoms with E-state index in [1.165, 1.54) is 5.56 Å². The molecule has 0 saturated heterocycles. The molecule has 1 N–H and O–H groups in total. The normalized spacial score (nSPS) is 9.79. The van der Waals surface area contributed by atoms with Gasteiger partial charge in [0.1, 0.15) is 11.8 Å². The summed E-state index contributed by atoms with van der Waals surface area (Å²) in [4.78, 5) is 0. The first-order valence-corrected chi connectivity index (χ1v) is 6.54. The molecule has 0 aromatic heterocycles. The van der Waals surface area contributed by atoms with Crippen LogP contribution in [0.5, 0.6) is 5.75 Å². The van der Waals surface area contributed by atoms with Crippen LogP contribution in [0, 0.1) is 18.3 Å². The van der Waals surface area contributed by atoms with Crippen molar-refractivity contribution in [2.24, 2.45) is 0 Å². The van der Waals surface area contributed by atoms with Gasteiger partial charge in [-0.1, -0.05) is 6.07 Å². The van der Waals surface area contributed by atoms with Crippen LogP contribution in [0.15, 0.2) is 40.9 Å². The van der Waals surface area contributed by atoms with E-state index in [4.69, 9.17) is 10.00 Å². The van der Waals surface area contributed by atoms with Crippen molar-refractivity contribution in [1.29, 1.82) is 5.26 Å². The molecule has 0 fully saturated rings. The zero-order valence-electron chi connectivity index (χ0n) is 10.7. The van der Waals surface area contributed by atoms with E-state index >= 15 is 0 Å². The van der Waals surface area contributed by atoms with Crippen molar-refractivity contribution in [3.05, 3.63) is 52.0 Å². The Kier molecular flexibility index (Phi) is 4.08. The first-order valence-electron chi connectivity index (χ1n) is 5.75. The number of benzene rings is 2. The Labute approximate surface area is 121 Å². The van der Waals surface area contributed by atoms with E-state index in [2.05, 4.69) is 27.3 Å². The highest BCUT2D eigenvalue weighted by atomic mass is 79.9. The molecule has 3 nitrogen and oxygen atoms in total. The van der Waals surface area contributed by atoms with Gasteiger partial charge in [0, 0.05) is 10.5 Å². The highest BCUT2D eigenvalue weighted by Crippen LogP contribution is 2.30. The van der Waals surface area contributed by atoms with Crippen LogP contribution in [0.3, 0.4) is 0 Å². The van der Waals surface area contributed by atoms with Crippen LogP contribution in [-0.4, -0.2) is 7.11 Å². The van der Waals surface area contributed by atoms with Crippen LogP contribution in [0.4, 0.5) is 11.4 Å². The largest absolute Gasteiger partial charge is 0.497 e. The average molecular weight is 317 g/mol. The number of nitriles is 1. The maximum absolute atomic E-state index is 9.13. The Morgan fingerprint density at radius 2 is 1.95 bits per heavy atom. The standard InChI is InChI=1S/C15H13BrN2O/c1-10-3-6-14(13(16)7-10)18-15-8-12(19-2)5-4-11(15)9-17/h3-8,18H,1-2H3. The van der Waals surface area contributed by atoms with Crippen LogP contribution in [0.2, 0.25) is 0 Å².